The second-order valence-electron chi connectivity index (χ2n) is 6.95. The average Bonchev–Trinajstić information content (AvgIpc) is 3.10. The van der Waals surface area contributed by atoms with E-state index in [1.165, 1.54) is 6.26 Å². The maximum atomic E-state index is 11.8. The van der Waals surface area contributed by atoms with Crippen LogP contribution in [-0.4, -0.2) is 37.9 Å². The van der Waals surface area contributed by atoms with Crippen molar-refractivity contribution < 1.29 is 13.2 Å². The Morgan fingerprint density at radius 2 is 1.93 bits per heavy atom. The third-order valence-corrected chi connectivity index (χ3v) is 6.07. The molecule has 1 saturated heterocycles. The number of nitrogens with zero attached hydrogens (tertiary/aromatic N) is 1. The molecule has 6 heteroatoms. The van der Waals surface area contributed by atoms with E-state index in [9.17, 15) is 8.42 Å². The van der Waals surface area contributed by atoms with Crippen LogP contribution in [0.25, 0.3) is 16.6 Å². The van der Waals surface area contributed by atoms with Gasteiger partial charge < -0.3 is 9.72 Å². The maximum absolute atomic E-state index is 11.8. The number of aromatic amines is 1. The van der Waals surface area contributed by atoms with Gasteiger partial charge in [-0.2, -0.15) is 0 Å². The fourth-order valence-electron chi connectivity index (χ4n) is 3.44. The highest BCUT2D eigenvalue weighted by atomic mass is 32.2. The first-order valence-electron chi connectivity index (χ1n) is 9.05. The van der Waals surface area contributed by atoms with E-state index in [0.29, 0.717) is 10.8 Å². The number of rotatable bonds is 4. The van der Waals surface area contributed by atoms with Gasteiger partial charge in [-0.3, -0.25) is 0 Å². The highest BCUT2D eigenvalue weighted by Crippen LogP contribution is 2.30. The van der Waals surface area contributed by atoms with Crippen LogP contribution in [0, 0.1) is 5.92 Å². The van der Waals surface area contributed by atoms with E-state index < -0.39 is 9.84 Å². The monoisotopic (exact) mass is 382 g/mol. The molecular weight excluding hydrogens is 360 g/mol. The number of nitrogens with one attached hydrogen (secondary N) is 1. The van der Waals surface area contributed by atoms with Crippen LogP contribution in [0.5, 0.6) is 0 Å². The number of fused-ring (bicyclic) bond motifs is 1. The normalized spacial score (nSPS) is 16.7. The van der Waals surface area contributed by atoms with Crippen LogP contribution in [0.2, 0.25) is 0 Å². The molecule has 0 spiro atoms. The lowest BCUT2D eigenvalue weighted by molar-refractivity contribution is 0.0786. The molecule has 1 fully saturated rings. The molecule has 1 aliphatic rings. The van der Waals surface area contributed by atoms with E-state index in [1.807, 2.05) is 24.3 Å². The lowest BCUT2D eigenvalue weighted by Crippen LogP contribution is -2.14. The van der Waals surface area contributed by atoms with Gasteiger partial charge in [0.1, 0.15) is 5.65 Å². The van der Waals surface area contributed by atoms with Crippen molar-refractivity contribution in [3.8, 4) is 0 Å². The predicted molar refractivity (Wildman–Crippen MR) is 106 cm³/mol. The Kier molecular flexibility index (Phi) is 4.85. The zero-order chi connectivity index (χ0) is 18.9. The summed E-state index contributed by atoms with van der Waals surface area (Å²) in [6.07, 6.45) is 7.25. The Hall–Kier alpha value is -2.44. The lowest BCUT2D eigenvalue weighted by Gasteiger charge is -2.20. The fraction of sp³-hybridized carbons (Fsp3) is 0.286. The van der Waals surface area contributed by atoms with E-state index in [4.69, 9.17) is 4.74 Å². The third kappa shape index (κ3) is 3.96. The number of benzene rings is 1. The number of ether oxygens (including phenoxy) is 1. The molecule has 1 aromatic carbocycles. The number of aromatic nitrogens is 2. The molecule has 0 radical (unpaired) electrons. The van der Waals surface area contributed by atoms with Crippen molar-refractivity contribution >= 4 is 26.4 Å². The van der Waals surface area contributed by atoms with Gasteiger partial charge in [-0.15, -0.1) is 0 Å². The Bertz CT molecular complexity index is 1040. The van der Waals surface area contributed by atoms with Gasteiger partial charge in [-0.1, -0.05) is 18.2 Å². The standard InChI is InChI=1S/C21H22N2O3S/c1-27(24,25)18-6-4-16(5-7-18)19(13-15-8-11-26-12-9-15)20-14-17-3-2-10-22-21(17)23-20/h2-7,10,13-15H,8-9,11-12H2,1H3,(H,22,23). The Labute approximate surface area is 159 Å². The first kappa shape index (κ1) is 17.9. The van der Waals surface area contributed by atoms with Gasteiger partial charge in [-0.05, 0) is 54.7 Å². The molecule has 5 nitrogen and oxygen atoms in total. The summed E-state index contributed by atoms with van der Waals surface area (Å²) in [6.45, 7) is 1.55. The molecule has 3 heterocycles. The number of hydrogen-bond acceptors (Lipinski definition) is 4. The largest absolute Gasteiger partial charge is 0.381 e. The fourth-order valence-corrected chi connectivity index (χ4v) is 4.07. The molecule has 2 aromatic heterocycles. The molecule has 0 amide bonds. The molecule has 0 unspecified atom stereocenters. The van der Waals surface area contributed by atoms with Gasteiger partial charge in [0, 0.05) is 42.3 Å². The maximum Gasteiger partial charge on any atom is 0.175 e. The highest BCUT2D eigenvalue weighted by Gasteiger charge is 2.16. The van der Waals surface area contributed by atoms with E-state index in [-0.39, 0.29) is 0 Å². The van der Waals surface area contributed by atoms with E-state index in [0.717, 1.165) is 53.9 Å². The molecule has 1 aliphatic heterocycles. The summed E-state index contributed by atoms with van der Waals surface area (Å²) in [5, 5.41) is 1.05. The second kappa shape index (κ2) is 7.29. The summed E-state index contributed by atoms with van der Waals surface area (Å²) in [4.78, 5) is 8.12. The number of pyridine rings is 1. The lowest BCUT2D eigenvalue weighted by atomic mass is 9.93. The molecule has 27 heavy (non-hydrogen) atoms. The van der Waals surface area contributed by atoms with Crippen molar-refractivity contribution in [2.24, 2.45) is 5.92 Å². The Morgan fingerprint density at radius 3 is 2.59 bits per heavy atom. The molecule has 3 aromatic rings. The van der Waals surface area contributed by atoms with Crippen molar-refractivity contribution in [1.29, 1.82) is 0 Å². The summed E-state index contributed by atoms with van der Waals surface area (Å²) >= 11 is 0. The number of allylic oxidation sites excluding steroid dienone is 1. The summed E-state index contributed by atoms with van der Waals surface area (Å²) < 4.78 is 29.0. The predicted octanol–water partition coefficient (Wildman–Crippen LogP) is 3.82. The topological polar surface area (TPSA) is 72.1 Å². The molecule has 140 valence electrons. The number of sulfone groups is 1. The van der Waals surface area contributed by atoms with Crippen LogP contribution in [0.4, 0.5) is 0 Å². The van der Waals surface area contributed by atoms with Crippen LogP contribution in [0.1, 0.15) is 24.1 Å². The minimum Gasteiger partial charge on any atom is -0.381 e. The van der Waals surface area contributed by atoms with Crippen molar-refractivity contribution in [2.45, 2.75) is 17.7 Å². The Morgan fingerprint density at radius 1 is 1.19 bits per heavy atom. The zero-order valence-electron chi connectivity index (χ0n) is 15.2. The van der Waals surface area contributed by atoms with Crippen molar-refractivity contribution in [3.63, 3.8) is 0 Å². The van der Waals surface area contributed by atoms with Gasteiger partial charge in [0.2, 0.25) is 0 Å². The van der Waals surface area contributed by atoms with Gasteiger partial charge in [-0.25, -0.2) is 13.4 Å². The zero-order valence-corrected chi connectivity index (χ0v) is 16.0. The third-order valence-electron chi connectivity index (χ3n) is 4.94. The van der Waals surface area contributed by atoms with Crippen LogP contribution < -0.4 is 0 Å². The summed E-state index contributed by atoms with van der Waals surface area (Å²) in [5.41, 5.74) is 3.89. The summed E-state index contributed by atoms with van der Waals surface area (Å²) in [6, 6.07) is 13.1. The van der Waals surface area contributed by atoms with E-state index in [1.54, 1.807) is 18.3 Å². The first-order chi connectivity index (χ1) is 13.0. The van der Waals surface area contributed by atoms with Crippen molar-refractivity contribution in [2.75, 3.05) is 19.5 Å². The summed E-state index contributed by atoms with van der Waals surface area (Å²) in [5.74, 6) is 0.433. The Balaban J connectivity index is 1.79. The number of hydrogen-bond donors (Lipinski definition) is 1. The molecule has 1 N–H and O–H groups in total. The smallest absolute Gasteiger partial charge is 0.175 e. The molecule has 0 atom stereocenters. The van der Waals surface area contributed by atoms with Crippen molar-refractivity contribution in [3.05, 3.63) is 66.0 Å². The van der Waals surface area contributed by atoms with Gasteiger partial charge in [0.05, 0.1) is 4.90 Å². The SMILES string of the molecule is CS(=O)(=O)c1ccc(C(=CC2CCOCC2)c2cc3cccnc3[nH]2)cc1. The molecule has 0 bridgehead atoms. The summed E-state index contributed by atoms with van der Waals surface area (Å²) in [7, 11) is -3.21. The molecule has 4 rings (SSSR count). The molecular formula is C21H22N2O3S. The highest BCUT2D eigenvalue weighted by molar-refractivity contribution is 7.90. The molecule has 0 aliphatic carbocycles. The number of H-pyrrole nitrogens is 1. The van der Waals surface area contributed by atoms with E-state index in [2.05, 4.69) is 22.1 Å². The van der Waals surface area contributed by atoms with E-state index >= 15 is 0 Å². The second-order valence-corrected chi connectivity index (χ2v) is 8.97. The van der Waals surface area contributed by atoms with Crippen LogP contribution in [0.3, 0.4) is 0 Å². The minimum absolute atomic E-state index is 0.329. The van der Waals surface area contributed by atoms with Crippen LogP contribution >= 0.6 is 0 Å². The molecule has 0 saturated carbocycles. The minimum atomic E-state index is -3.21. The van der Waals surface area contributed by atoms with Gasteiger partial charge >= 0.3 is 0 Å². The van der Waals surface area contributed by atoms with Crippen LogP contribution in [0.15, 0.2) is 59.6 Å². The van der Waals surface area contributed by atoms with Crippen LogP contribution in [-0.2, 0) is 14.6 Å². The van der Waals surface area contributed by atoms with Gasteiger partial charge in [0.15, 0.2) is 9.84 Å². The van der Waals surface area contributed by atoms with Gasteiger partial charge in [0.25, 0.3) is 0 Å². The van der Waals surface area contributed by atoms with Crippen molar-refractivity contribution in [1.82, 2.24) is 9.97 Å². The first-order valence-corrected chi connectivity index (χ1v) is 10.9. The average molecular weight is 382 g/mol. The quantitative estimate of drug-likeness (QED) is 0.744.